The molecule has 7 heteroatoms. The van der Waals surface area contributed by atoms with Crippen molar-refractivity contribution in [2.45, 2.75) is 12.8 Å². The quantitative estimate of drug-likeness (QED) is 0.556. The van der Waals surface area contributed by atoms with Crippen molar-refractivity contribution in [3.8, 4) is 0 Å². The summed E-state index contributed by atoms with van der Waals surface area (Å²) in [7, 11) is 0. The SMILES string of the molecule is O=C1[C@@H]2[C@H](C(=O)N1c1cccc(N3C(=O)[C@@H]4[C@H](C3=O)[C@H]3C=C[C@H]4C3)n1)[C@@H]1C=C[C@H]2C1. The van der Waals surface area contributed by atoms with E-state index in [1.165, 1.54) is 9.80 Å². The average molecular weight is 401 g/mol. The molecule has 1 aromatic rings. The molecule has 0 aromatic carbocycles. The molecule has 7 rings (SSSR count). The van der Waals surface area contributed by atoms with Crippen LogP contribution in [0.1, 0.15) is 12.8 Å². The van der Waals surface area contributed by atoms with Crippen molar-refractivity contribution in [2.75, 3.05) is 9.80 Å². The van der Waals surface area contributed by atoms with Crippen LogP contribution in [0.25, 0.3) is 0 Å². The average Bonchev–Trinajstić information content (AvgIpc) is 3.55. The van der Waals surface area contributed by atoms with E-state index in [2.05, 4.69) is 4.98 Å². The maximum Gasteiger partial charge on any atom is 0.239 e. The van der Waals surface area contributed by atoms with Crippen LogP contribution in [0.15, 0.2) is 42.5 Å². The molecule has 150 valence electrons. The van der Waals surface area contributed by atoms with Gasteiger partial charge in [-0.15, -0.1) is 0 Å². The number of fused-ring (bicyclic) bond motifs is 10. The first-order valence-corrected chi connectivity index (χ1v) is 10.6. The number of rotatable bonds is 2. The first-order chi connectivity index (χ1) is 14.5. The van der Waals surface area contributed by atoms with Gasteiger partial charge >= 0.3 is 0 Å². The molecule has 3 heterocycles. The number of allylic oxidation sites excluding steroid dienone is 4. The highest BCUT2D eigenvalue weighted by Gasteiger charge is 2.61. The van der Waals surface area contributed by atoms with Crippen molar-refractivity contribution in [1.29, 1.82) is 0 Å². The van der Waals surface area contributed by atoms with Crippen molar-refractivity contribution in [1.82, 2.24) is 4.98 Å². The van der Waals surface area contributed by atoms with E-state index in [1.807, 2.05) is 24.3 Å². The van der Waals surface area contributed by atoms with Crippen molar-refractivity contribution < 1.29 is 19.2 Å². The second kappa shape index (κ2) is 5.33. The summed E-state index contributed by atoms with van der Waals surface area (Å²) in [6.07, 6.45) is 9.92. The van der Waals surface area contributed by atoms with Gasteiger partial charge < -0.3 is 0 Å². The van der Waals surface area contributed by atoms with E-state index in [4.69, 9.17) is 0 Å². The maximum atomic E-state index is 13.1. The van der Waals surface area contributed by atoms with Gasteiger partial charge in [0.05, 0.1) is 23.7 Å². The minimum Gasteiger partial charge on any atom is -0.274 e. The molecule has 0 radical (unpaired) electrons. The first kappa shape index (κ1) is 16.7. The van der Waals surface area contributed by atoms with Crippen LogP contribution in [-0.4, -0.2) is 28.6 Å². The molecule has 2 aliphatic heterocycles. The number of imide groups is 2. The van der Waals surface area contributed by atoms with Gasteiger partial charge in [-0.2, -0.15) is 0 Å². The molecule has 1 aromatic heterocycles. The van der Waals surface area contributed by atoms with E-state index in [0.717, 1.165) is 12.8 Å². The number of carbonyl (C=O) groups is 4. The third kappa shape index (κ3) is 1.80. The van der Waals surface area contributed by atoms with Crippen molar-refractivity contribution in [3.05, 3.63) is 42.5 Å². The smallest absolute Gasteiger partial charge is 0.239 e. The molecule has 30 heavy (non-hydrogen) atoms. The lowest BCUT2D eigenvalue weighted by molar-refractivity contribution is -0.124. The Hall–Kier alpha value is -3.09. The molecule has 8 atom stereocenters. The molecule has 4 fully saturated rings. The van der Waals surface area contributed by atoms with E-state index >= 15 is 0 Å². The fourth-order valence-electron chi connectivity index (χ4n) is 6.92. The van der Waals surface area contributed by atoms with Gasteiger partial charge in [-0.3, -0.25) is 19.2 Å². The third-order valence-electron chi connectivity index (χ3n) is 8.12. The van der Waals surface area contributed by atoms with Crippen LogP contribution in [0.2, 0.25) is 0 Å². The number of anilines is 2. The summed E-state index contributed by atoms with van der Waals surface area (Å²) in [6, 6.07) is 4.86. The second-order valence-electron chi connectivity index (χ2n) is 9.38. The largest absolute Gasteiger partial charge is 0.274 e. The zero-order chi connectivity index (χ0) is 20.3. The lowest BCUT2D eigenvalue weighted by Gasteiger charge is -2.20. The molecule has 0 N–H and O–H groups in total. The Kier molecular flexibility index (Phi) is 2.96. The van der Waals surface area contributed by atoms with Crippen LogP contribution in [0.4, 0.5) is 11.6 Å². The lowest BCUT2D eigenvalue weighted by Crippen LogP contribution is -2.36. The first-order valence-electron chi connectivity index (χ1n) is 10.6. The topological polar surface area (TPSA) is 87.7 Å². The standard InChI is InChI=1S/C23H19N3O4/c27-20-16-10-4-5-11(8-10)17(16)21(28)25(20)14-2-1-3-15(24-14)26-22(29)18-12-6-7-13(9-12)19(18)23(26)30/h1-7,10-13,16-19H,8-9H2/t10-,11-,12-,13+,16-,17+,18-,19+/m0/s1. The number of nitrogens with zero attached hydrogens (tertiary/aromatic N) is 3. The van der Waals surface area contributed by atoms with Gasteiger partial charge in [0.25, 0.3) is 0 Å². The number of hydrogen-bond acceptors (Lipinski definition) is 5. The van der Waals surface area contributed by atoms with Gasteiger partial charge in [0.1, 0.15) is 11.6 Å². The van der Waals surface area contributed by atoms with Gasteiger partial charge in [-0.05, 0) is 48.6 Å². The highest BCUT2D eigenvalue weighted by Crippen LogP contribution is 2.54. The van der Waals surface area contributed by atoms with Crippen LogP contribution < -0.4 is 9.80 Å². The second-order valence-corrected chi connectivity index (χ2v) is 9.38. The van der Waals surface area contributed by atoms with Crippen LogP contribution in [0.3, 0.4) is 0 Å². The van der Waals surface area contributed by atoms with E-state index in [0.29, 0.717) is 0 Å². The predicted octanol–water partition coefficient (Wildman–Crippen LogP) is 1.70. The fourth-order valence-corrected chi connectivity index (χ4v) is 6.92. The maximum absolute atomic E-state index is 13.1. The van der Waals surface area contributed by atoms with Crippen LogP contribution >= 0.6 is 0 Å². The number of carbonyl (C=O) groups excluding carboxylic acids is 4. The molecule has 2 saturated heterocycles. The fraction of sp³-hybridized carbons (Fsp3) is 0.435. The Balaban J connectivity index is 1.24. The predicted molar refractivity (Wildman–Crippen MR) is 105 cm³/mol. The Morgan fingerprint density at radius 2 is 0.933 bits per heavy atom. The van der Waals surface area contributed by atoms with Crippen molar-refractivity contribution in [3.63, 3.8) is 0 Å². The molecule has 6 aliphatic rings. The van der Waals surface area contributed by atoms with Crippen LogP contribution in [0.5, 0.6) is 0 Å². The lowest BCUT2D eigenvalue weighted by atomic mass is 9.85. The van der Waals surface area contributed by atoms with Gasteiger partial charge in [0, 0.05) is 0 Å². The van der Waals surface area contributed by atoms with Gasteiger partial charge in [-0.25, -0.2) is 14.8 Å². The summed E-state index contributed by atoms with van der Waals surface area (Å²) in [6.45, 7) is 0. The number of pyridine rings is 1. The Bertz CT molecular complexity index is 980. The van der Waals surface area contributed by atoms with Gasteiger partial charge in [-0.1, -0.05) is 30.4 Å². The Labute approximate surface area is 172 Å². The Morgan fingerprint density at radius 3 is 1.27 bits per heavy atom. The summed E-state index contributed by atoms with van der Waals surface area (Å²) in [5.41, 5.74) is 0. The molecule has 7 nitrogen and oxygen atoms in total. The molecule has 0 spiro atoms. The molecule has 2 saturated carbocycles. The molecular weight excluding hydrogens is 382 g/mol. The summed E-state index contributed by atoms with van der Waals surface area (Å²) < 4.78 is 0. The molecule has 0 unspecified atom stereocenters. The highest BCUT2D eigenvalue weighted by molar-refractivity contribution is 6.24. The Morgan fingerprint density at radius 1 is 0.600 bits per heavy atom. The zero-order valence-electron chi connectivity index (χ0n) is 16.0. The van der Waals surface area contributed by atoms with Crippen LogP contribution in [-0.2, 0) is 19.2 Å². The summed E-state index contributed by atoms with van der Waals surface area (Å²) in [4.78, 5) is 59.1. The molecule has 4 aliphatic carbocycles. The van der Waals surface area contributed by atoms with E-state index in [1.54, 1.807) is 18.2 Å². The van der Waals surface area contributed by atoms with Gasteiger partial charge in [0.15, 0.2) is 0 Å². The number of aromatic nitrogens is 1. The minimum atomic E-state index is -0.311. The molecule has 4 bridgehead atoms. The monoisotopic (exact) mass is 401 g/mol. The van der Waals surface area contributed by atoms with Crippen LogP contribution in [0, 0.1) is 47.3 Å². The summed E-state index contributed by atoms with van der Waals surface area (Å²) >= 11 is 0. The van der Waals surface area contributed by atoms with Gasteiger partial charge in [0.2, 0.25) is 23.6 Å². The third-order valence-corrected chi connectivity index (χ3v) is 8.12. The molecular formula is C23H19N3O4. The zero-order valence-corrected chi connectivity index (χ0v) is 16.0. The number of hydrogen-bond donors (Lipinski definition) is 0. The van der Waals surface area contributed by atoms with Crippen molar-refractivity contribution >= 4 is 35.3 Å². The number of amides is 4. The van der Waals surface area contributed by atoms with E-state index in [9.17, 15) is 19.2 Å². The van der Waals surface area contributed by atoms with E-state index in [-0.39, 0.29) is 82.6 Å². The summed E-state index contributed by atoms with van der Waals surface area (Å²) in [5.74, 6) is -1.23. The van der Waals surface area contributed by atoms with E-state index < -0.39 is 0 Å². The summed E-state index contributed by atoms with van der Waals surface area (Å²) in [5, 5.41) is 0. The normalized spacial score (nSPS) is 42.3. The molecule has 4 amide bonds. The minimum absolute atomic E-state index is 0.119. The highest BCUT2D eigenvalue weighted by atomic mass is 16.2. The van der Waals surface area contributed by atoms with Crippen molar-refractivity contribution in [2.24, 2.45) is 47.3 Å².